The van der Waals surface area contributed by atoms with Crippen molar-refractivity contribution in [2.75, 3.05) is 0 Å². The molecular weight excluding hydrogens is 160 g/mol. The number of Topliss-reactive ketones (excluding diaryl/α,β-unsaturated/α-hetero) is 1. The Balaban J connectivity index is 3.13. The van der Waals surface area contributed by atoms with Crippen LogP contribution in [0, 0.1) is 22.7 Å². The summed E-state index contributed by atoms with van der Waals surface area (Å²) in [7, 11) is 0. The van der Waals surface area contributed by atoms with Crippen LogP contribution >= 0.6 is 0 Å². The van der Waals surface area contributed by atoms with Gasteiger partial charge < -0.3 is 0 Å². The molecule has 0 fully saturated rings. The fourth-order valence-corrected chi connectivity index (χ4v) is 1.82. The van der Waals surface area contributed by atoms with E-state index < -0.39 is 5.41 Å². The monoisotopic (exact) mass is 176 g/mol. The number of allylic oxidation sites excluding steroid dienone is 2. The molecule has 0 spiro atoms. The van der Waals surface area contributed by atoms with Gasteiger partial charge in [0.15, 0.2) is 5.78 Å². The molecule has 0 saturated heterocycles. The smallest absolute Gasteiger partial charge is 0.160 e. The van der Waals surface area contributed by atoms with Crippen LogP contribution < -0.4 is 0 Å². The summed E-state index contributed by atoms with van der Waals surface area (Å²) >= 11 is 0. The minimum Gasteiger partial charge on any atom is -0.297 e. The third-order valence-corrected chi connectivity index (χ3v) is 2.55. The van der Waals surface area contributed by atoms with E-state index in [-0.39, 0.29) is 11.2 Å². The summed E-state index contributed by atoms with van der Waals surface area (Å²) in [4.78, 5) is 12.0. The molecule has 0 saturated carbocycles. The van der Waals surface area contributed by atoms with Crippen molar-refractivity contribution in [1.29, 1.82) is 0 Å². The van der Waals surface area contributed by atoms with E-state index in [1.54, 1.807) is 6.92 Å². The zero-order chi connectivity index (χ0) is 10.1. The van der Waals surface area contributed by atoms with Crippen molar-refractivity contribution in [2.24, 2.45) is 10.8 Å². The lowest BCUT2D eigenvalue weighted by atomic mass is 9.67. The molecule has 0 radical (unpaired) electrons. The molecule has 1 aliphatic carbocycles. The SMILES string of the molecule is CC#CC1(C)C=CCC(C)(C)C1=O. The number of ketones is 1. The normalized spacial score (nSPS) is 30.9. The van der Waals surface area contributed by atoms with Crippen molar-refractivity contribution in [1.82, 2.24) is 0 Å². The maximum Gasteiger partial charge on any atom is 0.160 e. The van der Waals surface area contributed by atoms with E-state index in [0.717, 1.165) is 6.42 Å². The van der Waals surface area contributed by atoms with Gasteiger partial charge in [0.05, 0.1) is 0 Å². The van der Waals surface area contributed by atoms with Crippen LogP contribution in [-0.4, -0.2) is 5.78 Å². The van der Waals surface area contributed by atoms with Gasteiger partial charge in [-0.05, 0) is 20.3 Å². The molecule has 1 heteroatoms. The third-order valence-electron chi connectivity index (χ3n) is 2.55. The molecule has 0 aromatic heterocycles. The van der Waals surface area contributed by atoms with Crippen LogP contribution in [0.4, 0.5) is 0 Å². The van der Waals surface area contributed by atoms with Gasteiger partial charge in [0, 0.05) is 5.41 Å². The highest BCUT2D eigenvalue weighted by molar-refractivity contribution is 5.95. The van der Waals surface area contributed by atoms with Gasteiger partial charge in [-0.1, -0.05) is 31.9 Å². The Morgan fingerprint density at radius 2 is 2.00 bits per heavy atom. The van der Waals surface area contributed by atoms with Gasteiger partial charge >= 0.3 is 0 Å². The van der Waals surface area contributed by atoms with Gasteiger partial charge in [-0.3, -0.25) is 4.79 Å². The quantitative estimate of drug-likeness (QED) is 0.409. The Bertz CT molecular complexity index is 312. The Morgan fingerprint density at radius 1 is 1.38 bits per heavy atom. The standard InChI is InChI=1S/C12H16O/c1-5-7-12(4)9-6-8-11(2,3)10(12)13/h6,9H,8H2,1-4H3. The van der Waals surface area contributed by atoms with Crippen LogP contribution in [0.1, 0.15) is 34.1 Å². The largest absolute Gasteiger partial charge is 0.297 e. The number of rotatable bonds is 0. The maximum atomic E-state index is 12.0. The summed E-state index contributed by atoms with van der Waals surface area (Å²) in [6, 6.07) is 0. The number of carbonyl (C=O) groups excluding carboxylic acids is 1. The summed E-state index contributed by atoms with van der Waals surface area (Å²) in [6.45, 7) is 7.63. The van der Waals surface area contributed by atoms with Gasteiger partial charge in [0.1, 0.15) is 5.41 Å². The first kappa shape index (κ1) is 10.1. The van der Waals surface area contributed by atoms with Gasteiger partial charge in [-0.2, -0.15) is 0 Å². The Labute approximate surface area is 80.2 Å². The van der Waals surface area contributed by atoms with Crippen molar-refractivity contribution >= 4 is 5.78 Å². The molecule has 0 aliphatic heterocycles. The fourth-order valence-electron chi connectivity index (χ4n) is 1.82. The first-order chi connectivity index (χ1) is 5.92. The molecule has 70 valence electrons. The molecule has 0 amide bonds. The van der Waals surface area contributed by atoms with Crippen molar-refractivity contribution in [3.05, 3.63) is 12.2 Å². The van der Waals surface area contributed by atoms with Crippen molar-refractivity contribution < 1.29 is 4.79 Å². The predicted molar refractivity (Wildman–Crippen MR) is 54.1 cm³/mol. The highest BCUT2D eigenvalue weighted by atomic mass is 16.1. The van der Waals surface area contributed by atoms with E-state index in [2.05, 4.69) is 17.9 Å². The lowest BCUT2D eigenvalue weighted by Crippen LogP contribution is -2.39. The Kier molecular flexibility index (Phi) is 2.34. The maximum absolute atomic E-state index is 12.0. The van der Waals surface area contributed by atoms with Gasteiger partial charge in [0.2, 0.25) is 0 Å². The summed E-state index contributed by atoms with van der Waals surface area (Å²) in [6.07, 6.45) is 4.82. The fraction of sp³-hybridized carbons (Fsp3) is 0.583. The van der Waals surface area contributed by atoms with Crippen LogP contribution in [0.3, 0.4) is 0 Å². The van der Waals surface area contributed by atoms with Gasteiger partial charge in [0.25, 0.3) is 0 Å². The molecule has 0 N–H and O–H groups in total. The van der Waals surface area contributed by atoms with E-state index >= 15 is 0 Å². The second-order valence-corrected chi connectivity index (χ2v) is 4.40. The van der Waals surface area contributed by atoms with E-state index in [9.17, 15) is 4.79 Å². The minimum absolute atomic E-state index is 0.233. The minimum atomic E-state index is -0.559. The summed E-state index contributed by atoms with van der Waals surface area (Å²) in [5, 5.41) is 0. The molecule has 0 aromatic rings. The summed E-state index contributed by atoms with van der Waals surface area (Å²) in [5.41, 5.74) is -0.816. The molecule has 1 aliphatic rings. The molecule has 0 bridgehead atoms. The molecule has 1 atom stereocenters. The van der Waals surface area contributed by atoms with Gasteiger partial charge in [-0.15, -0.1) is 5.92 Å². The Morgan fingerprint density at radius 3 is 2.54 bits per heavy atom. The molecule has 0 heterocycles. The lowest BCUT2D eigenvalue weighted by Gasteiger charge is -2.33. The van der Waals surface area contributed by atoms with Crippen LogP contribution in [0.15, 0.2) is 12.2 Å². The van der Waals surface area contributed by atoms with Gasteiger partial charge in [-0.25, -0.2) is 0 Å². The molecule has 1 rings (SSSR count). The molecule has 13 heavy (non-hydrogen) atoms. The number of hydrogen-bond donors (Lipinski definition) is 0. The van der Waals surface area contributed by atoms with E-state index in [4.69, 9.17) is 0 Å². The number of carbonyl (C=O) groups is 1. The lowest BCUT2D eigenvalue weighted by molar-refractivity contribution is -0.132. The van der Waals surface area contributed by atoms with E-state index in [1.807, 2.05) is 26.8 Å². The summed E-state index contributed by atoms with van der Waals surface area (Å²) < 4.78 is 0. The first-order valence-electron chi connectivity index (χ1n) is 4.59. The molecule has 1 nitrogen and oxygen atoms in total. The van der Waals surface area contributed by atoms with Crippen LogP contribution in [-0.2, 0) is 4.79 Å². The predicted octanol–water partition coefficient (Wildman–Crippen LogP) is 2.57. The van der Waals surface area contributed by atoms with Crippen molar-refractivity contribution in [2.45, 2.75) is 34.1 Å². The highest BCUT2D eigenvalue weighted by Crippen LogP contribution is 2.37. The first-order valence-corrected chi connectivity index (χ1v) is 4.59. The highest BCUT2D eigenvalue weighted by Gasteiger charge is 2.41. The van der Waals surface area contributed by atoms with Crippen molar-refractivity contribution in [3.8, 4) is 11.8 Å². The third kappa shape index (κ3) is 1.67. The Hall–Kier alpha value is -1.03. The van der Waals surface area contributed by atoms with Crippen LogP contribution in [0.2, 0.25) is 0 Å². The number of hydrogen-bond acceptors (Lipinski definition) is 1. The molecule has 1 unspecified atom stereocenters. The van der Waals surface area contributed by atoms with E-state index in [1.165, 1.54) is 0 Å². The second kappa shape index (κ2) is 3.03. The second-order valence-electron chi connectivity index (χ2n) is 4.40. The average molecular weight is 176 g/mol. The topological polar surface area (TPSA) is 17.1 Å². The molecular formula is C12H16O. The molecule has 0 aromatic carbocycles. The van der Waals surface area contributed by atoms with Crippen LogP contribution in [0.5, 0.6) is 0 Å². The van der Waals surface area contributed by atoms with Crippen LogP contribution in [0.25, 0.3) is 0 Å². The zero-order valence-corrected chi connectivity index (χ0v) is 8.77. The average Bonchev–Trinajstić information content (AvgIpc) is 2.01. The zero-order valence-electron chi connectivity index (χ0n) is 8.77. The summed E-state index contributed by atoms with van der Waals surface area (Å²) in [5.74, 6) is 6.04. The van der Waals surface area contributed by atoms with Crippen molar-refractivity contribution in [3.63, 3.8) is 0 Å². The van der Waals surface area contributed by atoms with E-state index in [0.29, 0.717) is 0 Å².